The van der Waals surface area contributed by atoms with Gasteiger partial charge in [0.15, 0.2) is 11.6 Å². The summed E-state index contributed by atoms with van der Waals surface area (Å²) in [7, 11) is 0. The molecule has 1 aromatic carbocycles. The average Bonchev–Trinajstić information content (AvgIpc) is 3.78. The number of rotatable bonds is 7. The number of carbonyl (C=O) groups excluding carboxylic acids is 1. The summed E-state index contributed by atoms with van der Waals surface area (Å²) in [4.78, 5) is 27.4. The number of fused-ring (bicyclic) bond motifs is 2. The third-order valence-electron chi connectivity index (χ3n) is 9.37. The normalized spacial score (nSPS) is 19.4. The lowest BCUT2D eigenvalue weighted by atomic mass is 9.83. The number of Topliss-reactive ketones (excluding diaryl/α,β-unsaturated/α-hetero) is 1. The molecular formula is C34H39N3O. The highest BCUT2D eigenvalue weighted by molar-refractivity contribution is 5.96. The number of hydrogen-bond acceptors (Lipinski definition) is 4. The van der Waals surface area contributed by atoms with Crippen LogP contribution in [-0.2, 0) is 11.8 Å². The Bertz CT molecular complexity index is 1350. The van der Waals surface area contributed by atoms with Crippen molar-refractivity contribution in [2.24, 2.45) is 5.92 Å². The standard InChI is InChI=1S/C34H39N3O/c1-3-23(2)25-12-16-35-31(20-25)29-21-36-33(37-22-29)27-11-13-34(14-15-34)30-10-9-26(18-28(30)19-27)32(38)17-24-7-5-4-6-8-24/h9-12,16,18,20-24H,3-8,13-15,17,19H2,1-2H3. The van der Waals surface area contributed by atoms with Crippen LogP contribution < -0.4 is 0 Å². The molecule has 4 nitrogen and oxygen atoms in total. The van der Waals surface area contributed by atoms with Crippen LogP contribution in [0.3, 0.4) is 0 Å². The number of pyridine rings is 1. The van der Waals surface area contributed by atoms with Crippen LogP contribution >= 0.6 is 0 Å². The first kappa shape index (κ1) is 25.2. The summed E-state index contributed by atoms with van der Waals surface area (Å²) < 4.78 is 0. The van der Waals surface area contributed by atoms with Gasteiger partial charge in [0.05, 0.1) is 5.69 Å². The first-order valence-corrected chi connectivity index (χ1v) is 14.7. The minimum atomic E-state index is 0.238. The lowest BCUT2D eigenvalue weighted by Crippen LogP contribution is -2.13. The Morgan fingerprint density at radius 3 is 2.55 bits per heavy atom. The van der Waals surface area contributed by atoms with Gasteiger partial charge in [0.25, 0.3) is 0 Å². The highest BCUT2D eigenvalue weighted by Gasteiger charge is 2.45. The highest BCUT2D eigenvalue weighted by atomic mass is 16.1. The van der Waals surface area contributed by atoms with E-state index in [1.165, 1.54) is 67.2 Å². The zero-order valence-electron chi connectivity index (χ0n) is 22.9. The van der Waals surface area contributed by atoms with Gasteiger partial charge in [0.2, 0.25) is 0 Å². The van der Waals surface area contributed by atoms with E-state index in [-0.39, 0.29) is 5.41 Å². The number of allylic oxidation sites excluding steroid dienone is 2. The molecule has 0 aliphatic heterocycles. The van der Waals surface area contributed by atoms with Crippen molar-refractivity contribution in [2.75, 3.05) is 0 Å². The Hall–Kier alpha value is -3.14. The molecule has 2 aromatic heterocycles. The Labute approximate surface area is 227 Å². The van der Waals surface area contributed by atoms with Crippen LogP contribution in [0.25, 0.3) is 16.8 Å². The van der Waals surface area contributed by atoms with Gasteiger partial charge in [-0.15, -0.1) is 0 Å². The van der Waals surface area contributed by atoms with Gasteiger partial charge < -0.3 is 0 Å². The molecular weight excluding hydrogens is 466 g/mol. The second kappa shape index (κ2) is 10.6. The molecule has 0 amide bonds. The van der Waals surface area contributed by atoms with Crippen molar-refractivity contribution in [3.63, 3.8) is 0 Å². The van der Waals surface area contributed by atoms with Gasteiger partial charge >= 0.3 is 0 Å². The Morgan fingerprint density at radius 1 is 1.03 bits per heavy atom. The molecule has 0 N–H and O–H groups in total. The van der Waals surface area contributed by atoms with Crippen molar-refractivity contribution < 1.29 is 4.79 Å². The molecule has 0 radical (unpaired) electrons. The van der Waals surface area contributed by atoms with E-state index in [2.05, 4.69) is 55.2 Å². The summed E-state index contributed by atoms with van der Waals surface area (Å²) in [5, 5.41) is 0. The third-order valence-corrected chi connectivity index (χ3v) is 9.37. The Morgan fingerprint density at radius 2 is 1.82 bits per heavy atom. The average molecular weight is 506 g/mol. The van der Waals surface area contributed by atoms with E-state index >= 15 is 0 Å². The Balaban J connectivity index is 1.24. The van der Waals surface area contributed by atoms with Crippen molar-refractivity contribution in [2.45, 2.75) is 95.8 Å². The van der Waals surface area contributed by atoms with Crippen LogP contribution in [0.15, 0.2) is 55.0 Å². The lowest BCUT2D eigenvalue weighted by molar-refractivity contribution is 0.0950. The summed E-state index contributed by atoms with van der Waals surface area (Å²) in [5.41, 5.74) is 8.18. The van der Waals surface area contributed by atoms with Gasteiger partial charge in [-0.05, 0) is 83.4 Å². The van der Waals surface area contributed by atoms with E-state index in [0.717, 1.165) is 41.9 Å². The largest absolute Gasteiger partial charge is 0.294 e. The SMILES string of the molecule is CCC(C)c1ccnc(-c2cnc(C3=CCC4(CC4)c4ccc(C(=O)CC5CCCCC5)cc4C3)nc2)c1. The van der Waals surface area contributed by atoms with Crippen LogP contribution in [0.5, 0.6) is 0 Å². The van der Waals surface area contributed by atoms with Crippen molar-refractivity contribution in [1.29, 1.82) is 0 Å². The molecule has 2 fully saturated rings. The fourth-order valence-electron chi connectivity index (χ4n) is 6.48. The minimum Gasteiger partial charge on any atom is -0.294 e. The Kier molecular flexibility index (Phi) is 6.99. The van der Waals surface area contributed by atoms with Crippen LogP contribution in [0.1, 0.15) is 117 Å². The van der Waals surface area contributed by atoms with E-state index in [9.17, 15) is 4.79 Å². The van der Waals surface area contributed by atoms with Crippen LogP contribution in [-0.4, -0.2) is 20.7 Å². The molecule has 1 spiro atoms. The molecule has 0 saturated heterocycles. The summed E-state index contributed by atoms with van der Waals surface area (Å²) in [6.07, 6.45) is 20.4. The molecule has 3 aliphatic rings. The molecule has 0 bridgehead atoms. The van der Waals surface area contributed by atoms with Gasteiger partial charge in [-0.2, -0.15) is 0 Å². The maximum atomic E-state index is 13.2. The van der Waals surface area contributed by atoms with Crippen molar-refractivity contribution in [3.8, 4) is 11.3 Å². The van der Waals surface area contributed by atoms with Crippen LogP contribution in [0.4, 0.5) is 0 Å². The molecule has 2 heterocycles. The van der Waals surface area contributed by atoms with Gasteiger partial charge in [0, 0.05) is 42.6 Å². The van der Waals surface area contributed by atoms with Gasteiger partial charge in [-0.25, -0.2) is 9.97 Å². The number of ketones is 1. The van der Waals surface area contributed by atoms with E-state index in [4.69, 9.17) is 9.97 Å². The van der Waals surface area contributed by atoms with Crippen molar-refractivity contribution in [1.82, 2.24) is 15.0 Å². The van der Waals surface area contributed by atoms with E-state index in [0.29, 0.717) is 24.0 Å². The number of hydrogen-bond donors (Lipinski definition) is 0. The van der Waals surface area contributed by atoms with E-state index in [1.807, 2.05) is 18.6 Å². The molecule has 3 aromatic rings. The molecule has 3 aliphatic carbocycles. The first-order valence-electron chi connectivity index (χ1n) is 14.7. The molecule has 196 valence electrons. The van der Waals surface area contributed by atoms with Crippen molar-refractivity contribution >= 4 is 11.4 Å². The summed E-state index contributed by atoms with van der Waals surface area (Å²) in [6, 6.07) is 10.8. The van der Waals surface area contributed by atoms with E-state index < -0.39 is 0 Å². The number of nitrogens with zero attached hydrogens (tertiary/aromatic N) is 3. The molecule has 1 unspecified atom stereocenters. The molecule has 4 heteroatoms. The molecule has 1 atom stereocenters. The van der Waals surface area contributed by atoms with E-state index in [1.54, 1.807) is 0 Å². The number of carbonyl (C=O) groups is 1. The summed E-state index contributed by atoms with van der Waals surface area (Å²) in [6.45, 7) is 4.46. The van der Waals surface area contributed by atoms with Gasteiger partial charge in [-0.3, -0.25) is 9.78 Å². The van der Waals surface area contributed by atoms with Gasteiger partial charge in [0.1, 0.15) is 0 Å². The number of benzene rings is 1. The fraction of sp³-hybridized carbons (Fsp3) is 0.471. The fourth-order valence-corrected chi connectivity index (χ4v) is 6.48. The van der Waals surface area contributed by atoms with Crippen molar-refractivity contribution in [3.05, 3.63) is 83.1 Å². The maximum absolute atomic E-state index is 13.2. The zero-order valence-corrected chi connectivity index (χ0v) is 22.9. The molecule has 2 saturated carbocycles. The third kappa shape index (κ3) is 5.10. The predicted molar refractivity (Wildman–Crippen MR) is 153 cm³/mol. The predicted octanol–water partition coefficient (Wildman–Crippen LogP) is 8.27. The topological polar surface area (TPSA) is 55.7 Å². The summed E-state index contributed by atoms with van der Waals surface area (Å²) >= 11 is 0. The molecule has 6 rings (SSSR count). The van der Waals surface area contributed by atoms with Gasteiger partial charge in [-0.1, -0.05) is 64.2 Å². The zero-order chi connectivity index (χ0) is 26.1. The second-order valence-corrected chi connectivity index (χ2v) is 12.0. The first-order chi connectivity index (χ1) is 18.5. The minimum absolute atomic E-state index is 0.238. The van der Waals surface area contributed by atoms with Crippen LogP contribution in [0.2, 0.25) is 0 Å². The smallest absolute Gasteiger partial charge is 0.163 e. The van der Waals surface area contributed by atoms with Crippen LogP contribution in [0, 0.1) is 5.92 Å². The highest BCUT2D eigenvalue weighted by Crippen LogP contribution is 2.54. The number of aromatic nitrogens is 3. The monoisotopic (exact) mass is 505 g/mol. The quantitative estimate of drug-likeness (QED) is 0.303. The lowest BCUT2D eigenvalue weighted by Gasteiger charge is -2.21. The molecule has 38 heavy (non-hydrogen) atoms. The summed E-state index contributed by atoms with van der Waals surface area (Å²) in [5.74, 6) is 2.16. The maximum Gasteiger partial charge on any atom is 0.163 e. The second-order valence-electron chi connectivity index (χ2n) is 12.0.